The summed E-state index contributed by atoms with van der Waals surface area (Å²) < 4.78 is 0. The van der Waals surface area contributed by atoms with Crippen LogP contribution in [0.5, 0.6) is 0 Å². The van der Waals surface area contributed by atoms with Crippen LogP contribution in [0.25, 0.3) is 5.57 Å². The number of benzene rings is 1. The number of hydrogen-bond acceptors (Lipinski definition) is 2. The Morgan fingerprint density at radius 1 is 1.19 bits per heavy atom. The molecule has 1 rings (SSSR count). The van der Waals surface area contributed by atoms with Crippen LogP contribution < -0.4 is 0 Å². The second-order valence-corrected chi connectivity index (χ2v) is 3.44. The zero-order valence-corrected chi connectivity index (χ0v) is 8.80. The van der Waals surface area contributed by atoms with Crippen molar-refractivity contribution in [3.05, 3.63) is 41.5 Å². The van der Waals surface area contributed by atoms with E-state index in [2.05, 4.69) is 0 Å². The highest BCUT2D eigenvalue weighted by Gasteiger charge is 2.08. The van der Waals surface area contributed by atoms with Crippen molar-refractivity contribution < 1.29 is 19.8 Å². The maximum absolute atomic E-state index is 10.6. The van der Waals surface area contributed by atoms with Crippen molar-refractivity contribution in [1.82, 2.24) is 0 Å². The van der Waals surface area contributed by atoms with E-state index in [1.54, 1.807) is 12.1 Å². The number of hydrogen-bond donors (Lipinski definition) is 2. The van der Waals surface area contributed by atoms with E-state index < -0.39 is 11.9 Å². The van der Waals surface area contributed by atoms with Gasteiger partial charge in [-0.1, -0.05) is 29.8 Å². The third kappa shape index (κ3) is 3.57. The molecule has 0 aliphatic rings. The van der Waals surface area contributed by atoms with Crippen LogP contribution >= 0.6 is 0 Å². The van der Waals surface area contributed by atoms with Gasteiger partial charge in [0.1, 0.15) is 0 Å². The van der Waals surface area contributed by atoms with Crippen LogP contribution in [-0.4, -0.2) is 22.2 Å². The Bertz CT molecular complexity index is 429. The first-order chi connectivity index (χ1) is 7.49. The smallest absolute Gasteiger partial charge is 0.328 e. The third-order valence-electron chi connectivity index (χ3n) is 2.06. The summed E-state index contributed by atoms with van der Waals surface area (Å²) in [5, 5.41) is 17.3. The van der Waals surface area contributed by atoms with E-state index in [1.807, 2.05) is 19.1 Å². The van der Waals surface area contributed by atoms with Crippen molar-refractivity contribution in [2.75, 3.05) is 0 Å². The van der Waals surface area contributed by atoms with Crippen LogP contribution in [0.4, 0.5) is 0 Å². The van der Waals surface area contributed by atoms with Crippen molar-refractivity contribution in [2.45, 2.75) is 13.3 Å². The molecule has 0 aromatic heterocycles. The van der Waals surface area contributed by atoms with Gasteiger partial charge in [-0.25, -0.2) is 4.79 Å². The normalized spacial score (nSPS) is 11.2. The minimum atomic E-state index is -1.14. The number of carboxylic acids is 2. The molecule has 2 N–H and O–H groups in total. The van der Waals surface area contributed by atoms with Gasteiger partial charge in [-0.15, -0.1) is 0 Å². The molecule has 84 valence electrons. The maximum Gasteiger partial charge on any atom is 0.328 e. The van der Waals surface area contributed by atoms with Gasteiger partial charge in [0.2, 0.25) is 0 Å². The molecule has 0 fully saturated rings. The quantitative estimate of drug-likeness (QED) is 0.760. The Labute approximate surface area is 92.8 Å². The second-order valence-electron chi connectivity index (χ2n) is 3.44. The number of carboxylic acid groups (broad SMARTS) is 2. The van der Waals surface area contributed by atoms with Crippen LogP contribution in [0, 0.1) is 6.92 Å². The maximum atomic E-state index is 10.6. The fourth-order valence-corrected chi connectivity index (χ4v) is 1.32. The molecule has 0 saturated carbocycles. The van der Waals surface area contributed by atoms with Gasteiger partial charge < -0.3 is 10.2 Å². The van der Waals surface area contributed by atoms with Gasteiger partial charge in [-0.3, -0.25) is 4.79 Å². The number of rotatable bonds is 4. The Morgan fingerprint density at radius 3 is 2.19 bits per heavy atom. The Balaban J connectivity index is 3.06. The van der Waals surface area contributed by atoms with E-state index in [-0.39, 0.29) is 6.42 Å². The van der Waals surface area contributed by atoms with Crippen molar-refractivity contribution in [2.24, 2.45) is 0 Å². The molecule has 4 nitrogen and oxygen atoms in total. The van der Waals surface area contributed by atoms with Crippen molar-refractivity contribution >= 4 is 17.5 Å². The van der Waals surface area contributed by atoms with Gasteiger partial charge in [0.15, 0.2) is 0 Å². The standard InChI is InChI=1S/C12H12O4/c1-8-2-4-9(5-3-8)10(6-11(13)14)7-12(15)16/h2-6H,7H2,1H3,(H,13,14)(H,15,16). The molecule has 16 heavy (non-hydrogen) atoms. The highest BCUT2D eigenvalue weighted by atomic mass is 16.4. The van der Waals surface area contributed by atoms with Crippen LogP contribution in [0.1, 0.15) is 17.5 Å². The summed E-state index contributed by atoms with van der Waals surface area (Å²) in [6.07, 6.45) is 0.633. The summed E-state index contributed by atoms with van der Waals surface area (Å²) >= 11 is 0. The summed E-state index contributed by atoms with van der Waals surface area (Å²) in [5.74, 6) is -2.19. The lowest BCUT2D eigenvalue weighted by atomic mass is 10.0. The molecule has 0 spiro atoms. The summed E-state index contributed by atoms with van der Waals surface area (Å²) in [6.45, 7) is 1.90. The molecule has 0 bridgehead atoms. The minimum Gasteiger partial charge on any atom is -0.481 e. The number of aliphatic carboxylic acids is 2. The largest absolute Gasteiger partial charge is 0.481 e. The lowest BCUT2D eigenvalue weighted by Gasteiger charge is -2.04. The predicted molar refractivity (Wildman–Crippen MR) is 59.0 cm³/mol. The first-order valence-electron chi connectivity index (χ1n) is 4.71. The molecule has 0 heterocycles. The third-order valence-corrected chi connectivity index (χ3v) is 2.06. The van der Waals surface area contributed by atoms with Crippen molar-refractivity contribution in [1.29, 1.82) is 0 Å². The molecular formula is C12H12O4. The molecule has 0 aliphatic heterocycles. The van der Waals surface area contributed by atoms with E-state index in [1.165, 1.54) is 0 Å². The Kier molecular flexibility index (Phi) is 3.83. The fraction of sp³-hybridized carbons (Fsp3) is 0.167. The van der Waals surface area contributed by atoms with Crippen molar-refractivity contribution in [3.8, 4) is 0 Å². The summed E-state index contributed by atoms with van der Waals surface area (Å²) in [6, 6.07) is 7.06. The van der Waals surface area contributed by atoms with Gasteiger partial charge in [0, 0.05) is 6.08 Å². The van der Waals surface area contributed by atoms with Gasteiger partial charge in [0.05, 0.1) is 6.42 Å². The highest BCUT2D eigenvalue weighted by Crippen LogP contribution is 2.18. The molecule has 0 atom stereocenters. The van der Waals surface area contributed by atoms with Crippen LogP contribution in [0.3, 0.4) is 0 Å². The molecule has 0 amide bonds. The van der Waals surface area contributed by atoms with Gasteiger partial charge in [-0.05, 0) is 18.1 Å². The first-order valence-corrected chi connectivity index (χ1v) is 4.71. The summed E-state index contributed by atoms with van der Waals surface area (Å²) in [4.78, 5) is 21.2. The fourth-order valence-electron chi connectivity index (χ4n) is 1.32. The average Bonchev–Trinajstić information content (AvgIpc) is 2.16. The SMILES string of the molecule is Cc1ccc(C(=CC(=O)O)CC(=O)O)cc1. The first kappa shape index (κ1) is 12.0. The lowest BCUT2D eigenvalue weighted by Crippen LogP contribution is -2.00. The lowest BCUT2D eigenvalue weighted by molar-refractivity contribution is -0.135. The summed E-state index contributed by atoms with van der Waals surface area (Å²) in [7, 11) is 0. The molecule has 0 unspecified atom stereocenters. The molecule has 4 heteroatoms. The number of carbonyl (C=O) groups is 2. The van der Waals surface area contributed by atoms with E-state index >= 15 is 0 Å². The minimum absolute atomic E-state index is 0.292. The Hall–Kier alpha value is -2.10. The van der Waals surface area contributed by atoms with E-state index in [0.717, 1.165) is 11.6 Å². The topological polar surface area (TPSA) is 74.6 Å². The van der Waals surface area contributed by atoms with Crippen LogP contribution in [0.2, 0.25) is 0 Å². The average molecular weight is 220 g/mol. The van der Waals surface area contributed by atoms with Crippen molar-refractivity contribution in [3.63, 3.8) is 0 Å². The molecular weight excluding hydrogens is 208 g/mol. The Morgan fingerprint density at radius 2 is 1.75 bits per heavy atom. The molecule has 0 aliphatic carbocycles. The van der Waals surface area contributed by atoms with E-state index in [9.17, 15) is 9.59 Å². The molecule has 0 radical (unpaired) electrons. The predicted octanol–water partition coefficient (Wildman–Crippen LogP) is 1.94. The van der Waals surface area contributed by atoms with E-state index in [4.69, 9.17) is 10.2 Å². The monoisotopic (exact) mass is 220 g/mol. The highest BCUT2D eigenvalue weighted by molar-refractivity contribution is 5.94. The van der Waals surface area contributed by atoms with Gasteiger partial charge >= 0.3 is 11.9 Å². The summed E-state index contributed by atoms with van der Waals surface area (Å²) in [5.41, 5.74) is 1.95. The number of aryl methyl sites for hydroxylation is 1. The van der Waals surface area contributed by atoms with E-state index in [0.29, 0.717) is 11.1 Å². The van der Waals surface area contributed by atoms with Crippen LogP contribution in [0.15, 0.2) is 30.3 Å². The van der Waals surface area contributed by atoms with Gasteiger partial charge in [-0.2, -0.15) is 0 Å². The zero-order valence-electron chi connectivity index (χ0n) is 8.80. The molecule has 1 aromatic rings. The molecule has 1 aromatic carbocycles. The zero-order chi connectivity index (χ0) is 12.1. The molecule has 0 saturated heterocycles. The second kappa shape index (κ2) is 5.11. The van der Waals surface area contributed by atoms with Gasteiger partial charge in [0.25, 0.3) is 0 Å². The van der Waals surface area contributed by atoms with Crippen LogP contribution in [-0.2, 0) is 9.59 Å².